The van der Waals surface area contributed by atoms with Gasteiger partial charge in [-0.25, -0.2) is 4.79 Å². The van der Waals surface area contributed by atoms with E-state index in [1.807, 2.05) is 0 Å². The molecule has 21 heavy (non-hydrogen) atoms. The third-order valence-electron chi connectivity index (χ3n) is 3.30. The summed E-state index contributed by atoms with van der Waals surface area (Å²) in [5.41, 5.74) is 1.16. The van der Waals surface area contributed by atoms with Crippen molar-refractivity contribution in [3.8, 4) is 0 Å². The number of benzene rings is 1. The highest BCUT2D eigenvalue weighted by Crippen LogP contribution is 2.17. The number of carbonyl (C=O) groups excluding carboxylic acids is 2. The first kappa shape index (κ1) is 15.3. The molecule has 1 aromatic rings. The van der Waals surface area contributed by atoms with Crippen LogP contribution in [0.3, 0.4) is 0 Å². The lowest BCUT2D eigenvalue weighted by Gasteiger charge is -2.12. The summed E-state index contributed by atoms with van der Waals surface area (Å²) < 4.78 is 9.73. The number of anilines is 2. The van der Waals surface area contributed by atoms with E-state index in [9.17, 15) is 9.59 Å². The molecule has 0 saturated carbocycles. The Morgan fingerprint density at radius 3 is 2.57 bits per heavy atom. The first-order valence-corrected chi connectivity index (χ1v) is 6.64. The van der Waals surface area contributed by atoms with Gasteiger partial charge in [0.05, 0.1) is 19.3 Å². The third kappa shape index (κ3) is 4.17. The van der Waals surface area contributed by atoms with Crippen LogP contribution in [-0.4, -0.2) is 44.9 Å². The number of carbonyl (C=O) groups is 2. The summed E-state index contributed by atoms with van der Waals surface area (Å²) in [4.78, 5) is 23.3. The SMILES string of the molecule is COC(=O)Nc1cccc(NC(=O)C2CC(OC)CN2)c1. The predicted octanol–water partition coefficient (Wildman–Crippen LogP) is 1.18. The monoisotopic (exact) mass is 293 g/mol. The number of hydrogen-bond acceptors (Lipinski definition) is 5. The molecule has 1 aliphatic heterocycles. The van der Waals surface area contributed by atoms with Crippen molar-refractivity contribution in [3.05, 3.63) is 24.3 Å². The van der Waals surface area contributed by atoms with E-state index in [4.69, 9.17) is 4.74 Å². The Hall–Kier alpha value is -2.12. The molecule has 2 amide bonds. The Kier molecular flexibility index (Phi) is 5.13. The first-order chi connectivity index (χ1) is 10.1. The molecule has 0 spiro atoms. The molecule has 2 unspecified atom stereocenters. The van der Waals surface area contributed by atoms with Crippen LogP contribution in [0.2, 0.25) is 0 Å². The fourth-order valence-corrected chi connectivity index (χ4v) is 2.16. The first-order valence-electron chi connectivity index (χ1n) is 6.64. The summed E-state index contributed by atoms with van der Waals surface area (Å²) in [7, 11) is 2.92. The van der Waals surface area contributed by atoms with Crippen LogP contribution < -0.4 is 16.0 Å². The van der Waals surface area contributed by atoms with E-state index < -0.39 is 6.09 Å². The van der Waals surface area contributed by atoms with Crippen LogP contribution in [0.15, 0.2) is 24.3 Å². The van der Waals surface area contributed by atoms with Crippen LogP contribution >= 0.6 is 0 Å². The van der Waals surface area contributed by atoms with Gasteiger partial charge in [-0.05, 0) is 24.6 Å². The van der Waals surface area contributed by atoms with Gasteiger partial charge in [-0.3, -0.25) is 10.1 Å². The summed E-state index contributed by atoms with van der Waals surface area (Å²) >= 11 is 0. The van der Waals surface area contributed by atoms with Gasteiger partial charge in [0.2, 0.25) is 5.91 Å². The number of methoxy groups -OCH3 is 2. The topological polar surface area (TPSA) is 88.7 Å². The minimum absolute atomic E-state index is 0.0630. The maximum atomic E-state index is 12.1. The molecule has 2 rings (SSSR count). The fourth-order valence-electron chi connectivity index (χ4n) is 2.16. The molecule has 1 fully saturated rings. The standard InChI is InChI=1S/C14H19N3O4/c1-20-11-7-12(15-8-11)13(18)16-9-4-3-5-10(6-9)17-14(19)21-2/h3-6,11-12,15H,7-8H2,1-2H3,(H,16,18)(H,17,19). The highest BCUT2D eigenvalue weighted by molar-refractivity contribution is 5.96. The van der Waals surface area contributed by atoms with Gasteiger partial charge in [0, 0.05) is 25.0 Å². The summed E-state index contributed by atoms with van der Waals surface area (Å²) in [6.45, 7) is 0.665. The highest BCUT2D eigenvalue weighted by atomic mass is 16.5. The van der Waals surface area contributed by atoms with E-state index in [1.165, 1.54) is 7.11 Å². The lowest BCUT2D eigenvalue weighted by atomic mass is 10.2. The molecule has 1 saturated heterocycles. The third-order valence-corrected chi connectivity index (χ3v) is 3.30. The van der Waals surface area contributed by atoms with Crippen molar-refractivity contribution in [1.29, 1.82) is 0 Å². The number of amides is 2. The summed E-state index contributed by atoms with van der Waals surface area (Å²) in [6, 6.07) is 6.59. The second kappa shape index (κ2) is 7.05. The van der Waals surface area contributed by atoms with E-state index in [2.05, 4.69) is 20.7 Å². The van der Waals surface area contributed by atoms with E-state index >= 15 is 0 Å². The van der Waals surface area contributed by atoms with Crippen molar-refractivity contribution in [2.75, 3.05) is 31.4 Å². The molecule has 1 aliphatic rings. The lowest BCUT2D eigenvalue weighted by molar-refractivity contribution is -0.118. The summed E-state index contributed by atoms with van der Waals surface area (Å²) in [5.74, 6) is -0.121. The van der Waals surface area contributed by atoms with Gasteiger partial charge in [-0.1, -0.05) is 6.07 Å². The zero-order valence-corrected chi connectivity index (χ0v) is 12.0. The fraction of sp³-hybridized carbons (Fsp3) is 0.429. The van der Waals surface area contributed by atoms with Crippen LogP contribution in [0.5, 0.6) is 0 Å². The van der Waals surface area contributed by atoms with E-state index in [1.54, 1.807) is 31.4 Å². The van der Waals surface area contributed by atoms with Crippen molar-refractivity contribution < 1.29 is 19.1 Å². The lowest BCUT2D eigenvalue weighted by Crippen LogP contribution is -2.35. The Labute approximate surface area is 123 Å². The molecule has 7 heteroatoms. The zero-order valence-electron chi connectivity index (χ0n) is 12.0. The zero-order chi connectivity index (χ0) is 15.2. The molecular formula is C14H19N3O4. The maximum Gasteiger partial charge on any atom is 0.411 e. The average molecular weight is 293 g/mol. The Morgan fingerprint density at radius 1 is 1.24 bits per heavy atom. The van der Waals surface area contributed by atoms with Crippen LogP contribution in [0, 0.1) is 0 Å². The van der Waals surface area contributed by atoms with Crippen LogP contribution in [0.4, 0.5) is 16.2 Å². The summed E-state index contributed by atoms with van der Waals surface area (Å²) in [6.07, 6.45) is 0.148. The van der Waals surface area contributed by atoms with Gasteiger partial charge in [0.25, 0.3) is 0 Å². The molecule has 0 aromatic heterocycles. The van der Waals surface area contributed by atoms with Gasteiger partial charge in [0.1, 0.15) is 0 Å². The van der Waals surface area contributed by atoms with Crippen LogP contribution in [-0.2, 0) is 14.3 Å². The van der Waals surface area contributed by atoms with Crippen molar-refractivity contribution in [2.24, 2.45) is 0 Å². The molecule has 3 N–H and O–H groups in total. The van der Waals surface area contributed by atoms with E-state index in [-0.39, 0.29) is 18.1 Å². The molecule has 2 atom stereocenters. The predicted molar refractivity (Wildman–Crippen MR) is 78.3 cm³/mol. The largest absolute Gasteiger partial charge is 0.453 e. The van der Waals surface area contributed by atoms with Crippen molar-refractivity contribution in [3.63, 3.8) is 0 Å². The van der Waals surface area contributed by atoms with Gasteiger partial charge >= 0.3 is 6.09 Å². The van der Waals surface area contributed by atoms with Crippen LogP contribution in [0.25, 0.3) is 0 Å². The number of hydrogen-bond donors (Lipinski definition) is 3. The molecule has 114 valence electrons. The van der Waals surface area contributed by atoms with Gasteiger partial charge in [0.15, 0.2) is 0 Å². The van der Waals surface area contributed by atoms with E-state index in [0.29, 0.717) is 24.3 Å². The van der Waals surface area contributed by atoms with Gasteiger partial charge < -0.3 is 20.1 Å². The molecule has 0 aliphatic carbocycles. The van der Waals surface area contributed by atoms with Gasteiger partial charge in [-0.2, -0.15) is 0 Å². The molecule has 1 heterocycles. The second-order valence-corrected chi connectivity index (χ2v) is 4.74. The van der Waals surface area contributed by atoms with Crippen molar-refractivity contribution in [2.45, 2.75) is 18.6 Å². The van der Waals surface area contributed by atoms with E-state index in [0.717, 1.165) is 0 Å². The summed E-state index contributed by atoms with van der Waals surface area (Å²) in [5, 5.41) is 8.46. The van der Waals surface area contributed by atoms with Crippen molar-refractivity contribution >= 4 is 23.4 Å². The quantitative estimate of drug-likeness (QED) is 0.776. The van der Waals surface area contributed by atoms with Gasteiger partial charge in [-0.15, -0.1) is 0 Å². The maximum absolute atomic E-state index is 12.1. The Bertz CT molecular complexity index is 521. The second-order valence-electron chi connectivity index (χ2n) is 4.74. The van der Waals surface area contributed by atoms with Crippen LogP contribution in [0.1, 0.15) is 6.42 Å². The molecular weight excluding hydrogens is 274 g/mol. The molecule has 7 nitrogen and oxygen atoms in total. The number of nitrogens with one attached hydrogen (secondary N) is 3. The molecule has 0 radical (unpaired) electrons. The van der Waals surface area contributed by atoms with Crippen molar-refractivity contribution in [1.82, 2.24) is 5.32 Å². The highest BCUT2D eigenvalue weighted by Gasteiger charge is 2.29. The average Bonchev–Trinajstić information content (AvgIpc) is 2.96. The minimum atomic E-state index is -0.557. The molecule has 0 bridgehead atoms. The number of ether oxygens (including phenoxy) is 2. The smallest absolute Gasteiger partial charge is 0.411 e. The minimum Gasteiger partial charge on any atom is -0.453 e. The molecule has 1 aromatic carbocycles. The Morgan fingerprint density at radius 2 is 1.95 bits per heavy atom. The normalized spacial score (nSPS) is 20.9. The Balaban J connectivity index is 1.95. The number of rotatable bonds is 4.